The Labute approximate surface area is 210 Å². The van der Waals surface area contributed by atoms with Crippen LogP contribution in [0, 0.1) is 12.3 Å². The summed E-state index contributed by atoms with van der Waals surface area (Å²) in [5, 5.41) is 10.2. The first-order chi connectivity index (χ1) is 17.2. The molecule has 190 valence electrons. The summed E-state index contributed by atoms with van der Waals surface area (Å²) in [5.74, 6) is -0.984. The normalized spacial score (nSPS) is 14.8. The predicted octanol–water partition coefficient (Wildman–Crippen LogP) is 3.03. The molecule has 1 aliphatic heterocycles. The van der Waals surface area contributed by atoms with Crippen molar-refractivity contribution in [2.45, 2.75) is 38.2 Å². The molecular weight excluding hydrogens is 482 g/mol. The fourth-order valence-corrected chi connectivity index (χ4v) is 6.28. The Morgan fingerprint density at radius 2 is 1.83 bits per heavy atom. The number of likely N-dealkylation sites (tertiary alicyclic amines) is 1. The van der Waals surface area contributed by atoms with Gasteiger partial charge in [0, 0.05) is 36.2 Å². The van der Waals surface area contributed by atoms with Crippen LogP contribution in [0.2, 0.25) is 0 Å². The molecule has 0 atom stereocenters. The number of aromatic nitrogens is 1. The lowest BCUT2D eigenvalue weighted by molar-refractivity contribution is -0.156. The van der Waals surface area contributed by atoms with Crippen molar-refractivity contribution < 1.29 is 28.0 Å². The standard InChI is InChI=1S/C26H29N3O6S/c1-3-6-24(30)29-15-26(16-29,25(31)28-32)17-36(33,34)21-11-9-20(10-12-21)35-14-19-13-18(2)27-23-8-5-4-7-22(19)23/h4-5,7-13,32H,3,6,14-17H2,1-2H3,(H,28,31). The van der Waals surface area contributed by atoms with Crippen molar-refractivity contribution in [3.05, 3.63) is 65.9 Å². The number of nitrogens with one attached hydrogen (secondary N) is 1. The van der Waals surface area contributed by atoms with Crippen molar-refractivity contribution >= 4 is 32.6 Å². The highest BCUT2D eigenvalue weighted by molar-refractivity contribution is 7.91. The quantitative estimate of drug-likeness (QED) is 0.334. The number of hydroxylamine groups is 1. The monoisotopic (exact) mass is 511 g/mol. The van der Waals surface area contributed by atoms with Gasteiger partial charge >= 0.3 is 0 Å². The molecule has 9 nitrogen and oxygen atoms in total. The Morgan fingerprint density at radius 1 is 1.14 bits per heavy atom. The van der Waals surface area contributed by atoms with Crippen LogP contribution in [0.25, 0.3) is 10.9 Å². The fraction of sp³-hybridized carbons (Fsp3) is 0.346. The van der Waals surface area contributed by atoms with E-state index < -0.39 is 26.9 Å². The number of ether oxygens (including phenoxy) is 1. The second-order valence-electron chi connectivity index (χ2n) is 9.18. The number of carbonyl (C=O) groups excluding carboxylic acids is 2. The van der Waals surface area contributed by atoms with Gasteiger partial charge in [-0.05, 0) is 49.7 Å². The first kappa shape index (κ1) is 25.6. The van der Waals surface area contributed by atoms with Crippen LogP contribution in [-0.4, -0.2) is 54.2 Å². The SMILES string of the molecule is CCCC(=O)N1CC(CS(=O)(=O)c2ccc(OCc3cc(C)nc4ccccc34)cc2)(C(=O)NO)C1. The largest absolute Gasteiger partial charge is 0.489 e. The Hall–Kier alpha value is -3.50. The molecule has 1 aromatic heterocycles. The minimum atomic E-state index is -3.89. The second kappa shape index (κ2) is 10.2. The number of amides is 2. The zero-order chi connectivity index (χ0) is 25.9. The molecule has 3 aromatic rings. The van der Waals surface area contributed by atoms with Crippen LogP contribution < -0.4 is 10.2 Å². The average molecular weight is 512 g/mol. The number of pyridine rings is 1. The maximum absolute atomic E-state index is 13.1. The van der Waals surface area contributed by atoms with Gasteiger partial charge in [-0.1, -0.05) is 25.1 Å². The lowest BCUT2D eigenvalue weighted by Gasteiger charge is -2.48. The lowest BCUT2D eigenvalue weighted by Crippen LogP contribution is -2.66. The van der Waals surface area contributed by atoms with Crippen molar-refractivity contribution in [3.8, 4) is 5.75 Å². The molecule has 0 saturated carbocycles. The van der Waals surface area contributed by atoms with Crippen LogP contribution in [0.1, 0.15) is 31.0 Å². The topological polar surface area (TPSA) is 126 Å². The van der Waals surface area contributed by atoms with Gasteiger partial charge < -0.3 is 9.64 Å². The molecule has 1 aliphatic rings. The zero-order valence-electron chi connectivity index (χ0n) is 20.2. The van der Waals surface area contributed by atoms with E-state index in [9.17, 15) is 23.2 Å². The van der Waals surface area contributed by atoms with E-state index >= 15 is 0 Å². The van der Waals surface area contributed by atoms with Crippen molar-refractivity contribution in [2.75, 3.05) is 18.8 Å². The molecular formula is C26H29N3O6S. The maximum atomic E-state index is 13.1. The number of para-hydroxylation sites is 1. The van der Waals surface area contributed by atoms with Gasteiger partial charge in [0.25, 0.3) is 5.91 Å². The summed E-state index contributed by atoms with van der Waals surface area (Å²) in [6.45, 7) is 3.96. The van der Waals surface area contributed by atoms with Crippen molar-refractivity contribution in [3.63, 3.8) is 0 Å². The summed E-state index contributed by atoms with van der Waals surface area (Å²) in [6, 6.07) is 15.7. The van der Waals surface area contributed by atoms with Crippen LogP contribution in [-0.2, 0) is 26.0 Å². The van der Waals surface area contributed by atoms with E-state index in [1.807, 2.05) is 44.2 Å². The molecule has 0 radical (unpaired) electrons. The first-order valence-electron chi connectivity index (χ1n) is 11.7. The van der Waals surface area contributed by atoms with Gasteiger partial charge in [-0.25, -0.2) is 13.9 Å². The van der Waals surface area contributed by atoms with Gasteiger partial charge in [0.05, 0.1) is 16.2 Å². The minimum absolute atomic E-state index is 0.0310. The Balaban J connectivity index is 1.46. The maximum Gasteiger partial charge on any atom is 0.254 e. The summed E-state index contributed by atoms with van der Waals surface area (Å²) in [6.07, 6.45) is 0.970. The number of sulfone groups is 1. The summed E-state index contributed by atoms with van der Waals surface area (Å²) in [7, 11) is -3.89. The molecule has 1 fully saturated rings. The van der Waals surface area contributed by atoms with E-state index in [1.54, 1.807) is 17.6 Å². The molecule has 2 N–H and O–H groups in total. The van der Waals surface area contributed by atoms with Gasteiger partial charge in [0.2, 0.25) is 5.91 Å². The molecule has 2 heterocycles. The van der Waals surface area contributed by atoms with Crippen molar-refractivity contribution in [1.82, 2.24) is 15.4 Å². The summed E-state index contributed by atoms with van der Waals surface area (Å²) in [4.78, 5) is 30.5. The molecule has 2 amide bonds. The van der Waals surface area contributed by atoms with E-state index in [2.05, 4.69) is 4.98 Å². The number of rotatable bonds is 9. The van der Waals surface area contributed by atoms with Crippen molar-refractivity contribution in [2.24, 2.45) is 5.41 Å². The van der Waals surface area contributed by atoms with Gasteiger partial charge in [0.15, 0.2) is 9.84 Å². The highest BCUT2D eigenvalue weighted by Crippen LogP contribution is 2.35. The predicted molar refractivity (Wildman–Crippen MR) is 133 cm³/mol. The van der Waals surface area contributed by atoms with E-state index in [0.717, 1.165) is 22.2 Å². The highest BCUT2D eigenvalue weighted by atomic mass is 32.2. The number of carbonyl (C=O) groups is 2. The van der Waals surface area contributed by atoms with Crippen LogP contribution in [0.3, 0.4) is 0 Å². The summed E-state index contributed by atoms with van der Waals surface area (Å²) >= 11 is 0. The third-order valence-corrected chi connectivity index (χ3v) is 8.28. The number of hydrogen-bond acceptors (Lipinski definition) is 7. The molecule has 10 heteroatoms. The number of aryl methyl sites for hydroxylation is 1. The minimum Gasteiger partial charge on any atom is -0.489 e. The molecule has 1 saturated heterocycles. The van der Waals surface area contributed by atoms with Crippen LogP contribution in [0.5, 0.6) is 5.75 Å². The lowest BCUT2D eigenvalue weighted by atomic mass is 9.80. The van der Waals surface area contributed by atoms with Crippen molar-refractivity contribution in [1.29, 1.82) is 0 Å². The molecule has 0 aliphatic carbocycles. The number of hydrogen-bond donors (Lipinski definition) is 2. The van der Waals surface area contributed by atoms with Gasteiger partial charge in [-0.15, -0.1) is 0 Å². The molecule has 0 spiro atoms. The Morgan fingerprint density at radius 3 is 2.50 bits per heavy atom. The molecule has 4 rings (SSSR count). The van der Waals surface area contributed by atoms with E-state index in [0.29, 0.717) is 18.6 Å². The zero-order valence-corrected chi connectivity index (χ0v) is 21.0. The Kier molecular flexibility index (Phi) is 7.28. The van der Waals surface area contributed by atoms with Crippen LogP contribution in [0.4, 0.5) is 0 Å². The fourth-order valence-electron chi connectivity index (χ4n) is 4.52. The van der Waals surface area contributed by atoms with Gasteiger partial charge in [-0.3, -0.25) is 19.8 Å². The second-order valence-corrected chi connectivity index (χ2v) is 11.2. The van der Waals surface area contributed by atoms with Crippen LogP contribution >= 0.6 is 0 Å². The molecule has 2 aromatic carbocycles. The third kappa shape index (κ3) is 5.19. The molecule has 0 unspecified atom stereocenters. The Bertz CT molecular complexity index is 1380. The molecule has 0 bridgehead atoms. The van der Waals surface area contributed by atoms with E-state index in [-0.39, 0.29) is 30.5 Å². The van der Waals surface area contributed by atoms with E-state index in [4.69, 9.17) is 4.74 Å². The van der Waals surface area contributed by atoms with Gasteiger partial charge in [0.1, 0.15) is 17.8 Å². The van der Waals surface area contributed by atoms with Crippen LogP contribution in [0.15, 0.2) is 59.5 Å². The number of benzene rings is 2. The highest BCUT2D eigenvalue weighted by Gasteiger charge is 2.53. The molecule has 36 heavy (non-hydrogen) atoms. The van der Waals surface area contributed by atoms with Gasteiger partial charge in [-0.2, -0.15) is 0 Å². The summed E-state index contributed by atoms with van der Waals surface area (Å²) < 4.78 is 32.2. The number of nitrogens with zero attached hydrogens (tertiary/aromatic N) is 2. The third-order valence-electron chi connectivity index (χ3n) is 6.36. The smallest absolute Gasteiger partial charge is 0.254 e. The summed E-state index contributed by atoms with van der Waals surface area (Å²) in [5.41, 5.74) is 2.89. The first-order valence-corrected chi connectivity index (χ1v) is 13.4. The number of fused-ring (bicyclic) bond motifs is 1. The van der Waals surface area contributed by atoms with E-state index in [1.165, 1.54) is 17.0 Å². The average Bonchev–Trinajstić information content (AvgIpc) is 2.84.